The lowest BCUT2D eigenvalue weighted by Gasteiger charge is -2.09. The van der Waals surface area contributed by atoms with Crippen LogP contribution >= 0.6 is 0 Å². The van der Waals surface area contributed by atoms with Crippen LogP contribution in [0.5, 0.6) is 0 Å². The Morgan fingerprint density at radius 2 is 0.950 bits per heavy atom. The third kappa shape index (κ3) is 2.16. The summed E-state index contributed by atoms with van der Waals surface area (Å²) in [5, 5.41) is 0. The second kappa shape index (κ2) is 5.17. The van der Waals surface area contributed by atoms with Gasteiger partial charge in [0.15, 0.2) is 0 Å². The molecule has 0 amide bonds. The van der Waals surface area contributed by atoms with E-state index in [0.717, 1.165) is 33.9 Å². The Hall–Kier alpha value is -2.62. The molecule has 3 heterocycles. The minimum atomic E-state index is 0.771. The molecule has 0 fully saturated rings. The van der Waals surface area contributed by atoms with E-state index >= 15 is 0 Å². The number of aryl methyl sites for hydroxylation is 2. The van der Waals surface area contributed by atoms with E-state index in [-0.39, 0.29) is 0 Å². The first kappa shape index (κ1) is 12.4. The molecule has 0 atom stereocenters. The van der Waals surface area contributed by atoms with Gasteiger partial charge in [-0.1, -0.05) is 12.1 Å². The topological polar surface area (TPSA) is 51.6 Å². The standard InChI is InChI=1S/C16H14N4/c1-11-5-3-7-17-13(11)15-16(20-10-9-19-15)14-12(2)6-4-8-18-14/h3-10H,1-2H3. The molecule has 0 aliphatic heterocycles. The van der Waals surface area contributed by atoms with Crippen LogP contribution in [-0.2, 0) is 0 Å². The normalized spacial score (nSPS) is 10.5. The molecule has 3 aromatic rings. The first-order valence-electron chi connectivity index (χ1n) is 6.42. The molecule has 0 saturated carbocycles. The van der Waals surface area contributed by atoms with Crippen LogP contribution in [0.15, 0.2) is 49.1 Å². The molecular formula is C16H14N4. The van der Waals surface area contributed by atoms with Gasteiger partial charge in [-0.2, -0.15) is 0 Å². The van der Waals surface area contributed by atoms with Crippen LogP contribution in [0.2, 0.25) is 0 Å². The summed E-state index contributed by atoms with van der Waals surface area (Å²) in [6.07, 6.45) is 6.91. The summed E-state index contributed by atoms with van der Waals surface area (Å²) in [4.78, 5) is 17.8. The highest BCUT2D eigenvalue weighted by Gasteiger charge is 2.15. The van der Waals surface area contributed by atoms with Gasteiger partial charge in [0.1, 0.15) is 11.4 Å². The van der Waals surface area contributed by atoms with E-state index in [1.165, 1.54) is 0 Å². The van der Waals surface area contributed by atoms with Crippen molar-refractivity contribution in [2.24, 2.45) is 0 Å². The maximum atomic E-state index is 4.46. The maximum absolute atomic E-state index is 4.46. The molecule has 0 bridgehead atoms. The lowest BCUT2D eigenvalue weighted by Crippen LogP contribution is -1.98. The van der Waals surface area contributed by atoms with E-state index in [2.05, 4.69) is 19.9 Å². The molecule has 0 aliphatic carbocycles. The van der Waals surface area contributed by atoms with E-state index in [9.17, 15) is 0 Å². The molecule has 0 N–H and O–H groups in total. The average Bonchev–Trinajstić information content (AvgIpc) is 2.48. The third-order valence-electron chi connectivity index (χ3n) is 3.17. The highest BCUT2D eigenvalue weighted by Crippen LogP contribution is 2.28. The summed E-state index contributed by atoms with van der Waals surface area (Å²) in [6, 6.07) is 7.87. The van der Waals surface area contributed by atoms with Gasteiger partial charge in [0.05, 0.1) is 11.4 Å². The maximum Gasteiger partial charge on any atom is 0.117 e. The van der Waals surface area contributed by atoms with Crippen LogP contribution in [0.1, 0.15) is 11.1 Å². The SMILES string of the molecule is Cc1cccnc1-c1nccnc1-c1ncccc1C. The fourth-order valence-electron chi connectivity index (χ4n) is 2.15. The van der Waals surface area contributed by atoms with E-state index < -0.39 is 0 Å². The molecule has 0 unspecified atom stereocenters. The molecule has 4 nitrogen and oxygen atoms in total. The van der Waals surface area contributed by atoms with E-state index in [1.54, 1.807) is 24.8 Å². The fraction of sp³-hybridized carbons (Fsp3) is 0.125. The summed E-state index contributed by atoms with van der Waals surface area (Å²) >= 11 is 0. The molecule has 0 aliphatic rings. The molecular weight excluding hydrogens is 248 g/mol. The zero-order valence-electron chi connectivity index (χ0n) is 11.4. The Labute approximate surface area is 117 Å². The van der Waals surface area contributed by atoms with Crippen LogP contribution in [0.3, 0.4) is 0 Å². The van der Waals surface area contributed by atoms with Crippen LogP contribution in [0.4, 0.5) is 0 Å². The molecule has 20 heavy (non-hydrogen) atoms. The molecule has 3 rings (SSSR count). The number of rotatable bonds is 2. The molecule has 0 aromatic carbocycles. The molecule has 0 saturated heterocycles. The number of hydrogen-bond acceptors (Lipinski definition) is 4. The lowest BCUT2D eigenvalue weighted by atomic mass is 10.1. The van der Waals surface area contributed by atoms with E-state index in [0.29, 0.717) is 0 Å². The zero-order valence-corrected chi connectivity index (χ0v) is 11.4. The minimum absolute atomic E-state index is 0.771. The Morgan fingerprint density at radius 3 is 1.35 bits per heavy atom. The number of aromatic nitrogens is 4. The Kier molecular flexibility index (Phi) is 3.21. The van der Waals surface area contributed by atoms with Gasteiger partial charge in [-0.3, -0.25) is 19.9 Å². The molecule has 98 valence electrons. The predicted molar refractivity (Wildman–Crippen MR) is 78.0 cm³/mol. The summed E-state index contributed by atoms with van der Waals surface area (Å²) in [5.74, 6) is 0. The van der Waals surface area contributed by atoms with Crippen LogP contribution in [-0.4, -0.2) is 19.9 Å². The van der Waals surface area contributed by atoms with E-state index in [1.807, 2.05) is 38.1 Å². The highest BCUT2D eigenvalue weighted by atomic mass is 14.9. The molecule has 3 aromatic heterocycles. The van der Waals surface area contributed by atoms with Gasteiger partial charge in [-0.25, -0.2) is 0 Å². The molecule has 4 heteroatoms. The Bertz CT molecular complexity index is 688. The van der Waals surface area contributed by atoms with Crippen molar-refractivity contribution >= 4 is 0 Å². The Balaban J connectivity index is 2.25. The van der Waals surface area contributed by atoms with Crippen LogP contribution < -0.4 is 0 Å². The van der Waals surface area contributed by atoms with Crippen molar-refractivity contribution in [3.8, 4) is 22.8 Å². The number of pyridine rings is 2. The Morgan fingerprint density at radius 1 is 0.550 bits per heavy atom. The minimum Gasteiger partial charge on any atom is -0.254 e. The number of hydrogen-bond donors (Lipinski definition) is 0. The quantitative estimate of drug-likeness (QED) is 0.711. The van der Waals surface area contributed by atoms with Gasteiger partial charge in [-0.05, 0) is 37.1 Å². The average molecular weight is 262 g/mol. The van der Waals surface area contributed by atoms with Crippen molar-refractivity contribution in [1.82, 2.24) is 19.9 Å². The first-order valence-corrected chi connectivity index (χ1v) is 6.42. The predicted octanol–water partition coefficient (Wildman–Crippen LogP) is 3.22. The van der Waals surface area contributed by atoms with Gasteiger partial charge in [0.2, 0.25) is 0 Å². The van der Waals surface area contributed by atoms with Crippen molar-refractivity contribution in [2.45, 2.75) is 13.8 Å². The third-order valence-corrected chi connectivity index (χ3v) is 3.17. The van der Waals surface area contributed by atoms with Gasteiger partial charge >= 0.3 is 0 Å². The summed E-state index contributed by atoms with van der Waals surface area (Å²) in [5.41, 5.74) is 5.38. The summed E-state index contributed by atoms with van der Waals surface area (Å²) in [6.45, 7) is 4.04. The van der Waals surface area contributed by atoms with Crippen molar-refractivity contribution < 1.29 is 0 Å². The zero-order chi connectivity index (χ0) is 13.9. The largest absolute Gasteiger partial charge is 0.254 e. The van der Waals surface area contributed by atoms with Crippen molar-refractivity contribution in [3.05, 3.63) is 60.2 Å². The van der Waals surface area contributed by atoms with Gasteiger partial charge in [0.25, 0.3) is 0 Å². The van der Waals surface area contributed by atoms with E-state index in [4.69, 9.17) is 0 Å². The van der Waals surface area contributed by atoms with Crippen molar-refractivity contribution in [3.63, 3.8) is 0 Å². The van der Waals surface area contributed by atoms with Gasteiger partial charge in [0, 0.05) is 24.8 Å². The monoisotopic (exact) mass is 262 g/mol. The summed E-state index contributed by atoms with van der Waals surface area (Å²) < 4.78 is 0. The molecule has 0 spiro atoms. The first-order chi connectivity index (χ1) is 9.77. The lowest BCUT2D eigenvalue weighted by molar-refractivity contribution is 1.14. The van der Waals surface area contributed by atoms with Crippen LogP contribution in [0, 0.1) is 13.8 Å². The highest BCUT2D eigenvalue weighted by molar-refractivity contribution is 5.76. The second-order valence-electron chi connectivity index (χ2n) is 4.59. The second-order valence-corrected chi connectivity index (χ2v) is 4.59. The molecule has 0 radical (unpaired) electrons. The van der Waals surface area contributed by atoms with Crippen LogP contribution in [0.25, 0.3) is 22.8 Å². The number of nitrogens with zero attached hydrogens (tertiary/aromatic N) is 4. The van der Waals surface area contributed by atoms with Gasteiger partial charge in [-0.15, -0.1) is 0 Å². The van der Waals surface area contributed by atoms with Gasteiger partial charge < -0.3 is 0 Å². The summed E-state index contributed by atoms with van der Waals surface area (Å²) in [7, 11) is 0. The van der Waals surface area contributed by atoms with Crippen molar-refractivity contribution in [2.75, 3.05) is 0 Å². The fourth-order valence-corrected chi connectivity index (χ4v) is 2.15. The smallest absolute Gasteiger partial charge is 0.117 e. The van der Waals surface area contributed by atoms with Crippen molar-refractivity contribution in [1.29, 1.82) is 0 Å².